The third kappa shape index (κ3) is 3.64. The maximum absolute atomic E-state index is 13.3. The van der Waals surface area contributed by atoms with Crippen LogP contribution in [0.3, 0.4) is 0 Å². The van der Waals surface area contributed by atoms with Gasteiger partial charge in [0.05, 0.1) is 19.1 Å². The Labute approximate surface area is 188 Å². The minimum Gasteiger partial charge on any atom is -0.496 e. The molecule has 5 heteroatoms. The van der Waals surface area contributed by atoms with Gasteiger partial charge in [0.1, 0.15) is 5.75 Å². The number of para-hydroxylation sites is 1. The third-order valence-corrected chi connectivity index (χ3v) is 6.53. The van der Waals surface area contributed by atoms with Crippen LogP contribution < -0.4 is 15.0 Å². The molecule has 0 atom stereocenters. The van der Waals surface area contributed by atoms with Gasteiger partial charge in [0.15, 0.2) is 0 Å². The van der Waals surface area contributed by atoms with Crippen molar-refractivity contribution in [2.45, 2.75) is 37.6 Å². The fraction of sp³-hybridized carbons (Fsp3) is 0.259. The highest BCUT2D eigenvalue weighted by molar-refractivity contribution is 6.02. The molecular formula is C27H26N2O3. The van der Waals surface area contributed by atoms with Crippen molar-refractivity contribution < 1.29 is 14.3 Å². The first kappa shape index (κ1) is 20.3. The van der Waals surface area contributed by atoms with Gasteiger partial charge in [-0.15, -0.1) is 0 Å². The number of ether oxygens (including phenoxy) is 1. The average Bonchev–Trinajstić information content (AvgIpc) is 3.64. The molecule has 1 fully saturated rings. The molecule has 1 N–H and O–H groups in total. The summed E-state index contributed by atoms with van der Waals surface area (Å²) in [5.74, 6) is 0.877. The lowest BCUT2D eigenvalue weighted by molar-refractivity contribution is -0.119. The van der Waals surface area contributed by atoms with Gasteiger partial charge in [-0.3, -0.25) is 9.59 Å². The number of fused-ring (bicyclic) bond motifs is 1. The Morgan fingerprint density at radius 2 is 1.75 bits per heavy atom. The number of carbonyl (C=O) groups is 2. The van der Waals surface area contributed by atoms with Gasteiger partial charge in [-0.2, -0.15) is 0 Å². The molecule has 0 spiro atoms. The number of benzene rings is 3. The molecule has 0 saturated heterocycles. The Morgan fingerprint density at radius 3 is 2.50 bits per heavy atom. The van der Waals surface area contributed by atoms with Gasteiger partial charge in [0.25, 0.3) is 0 Å². The molecule has 3 aromatic rings. The minimum atomic E-state index is -0.530. The van der Waals surface area contributed by atoms with Gasteiger partial charge >= 0.3 is 0 Å². The summed E-state index contributed by atoms with van der Waals surface area (Å²) in [6.07, 6.45) is 2.77. The van der Waals surface area contributed by atoms with Crippen LogP contribution in [0.1, 0.15) is 36.0 Å². The second-order valence-electron chi connectivity index (χ2n) is 8.55. The number of methoxy groups -OCH3 is 1. The average molecular weight is 427 g/mol. The molecule has 2 aliphatic rings. The molecule has 0 radical (unpaired) electrons. The zero-order valence-electron chi connectivity index (χ0n) is 18.1. The van der Waals surface area contributed by atoms with Crippen molar-refractivity contribution in [3.63, 3.8) is 0 Å². The fourth-order valence-electron chi connectivity index (χ4n) is 4.61. The summed E-state index contributed by atoms with van der Waals surface area (Å²) in [5, 5.41) is 3.12. The molecule has 0 bridgehead atoms. The van der Waals surface area contributed by atoms with E-state index in [2.05, 4.69) is 5.32 Å². The minimum absolute atomic E-state index is 0.00465. The maximum atomic E-state index is 13.3. The zero-order valence-corrected chi connectivity index (χ0v) is 18.1. The highest BCUT2D eigenvalue weighted by Gasteiger charge is 2.52. The predicted molar refractivity (Wildman–Crippen MR) is 125 cm³/mol. The van der Waals surface area contributed by atoms with Gasteiger partial charge in [0.2, 0.25) is 11.8 Å². The zero-order chi connectivity index (χ0) is 22.1. The second kappa shape index (κ2) is 8.15. The molecule has 0 unspecified atom stereocenters. The van der Waals surface area contributed by atoms with E-state index in [-0.39, 0.29) is 11.8 Å². The van der Waals surface area contributed by atoms with Crippen LogP contribution >= 0.6 is 0 Å². The number of hydrogen-bond acceptors (Lipinski definition) is 3. The van der Waals surface area contributed by atoms with Gasteiger partial charge < -0.3 is 15.0 Å². The molecule has 5 rings (SSSR count). The van der Waals surface area contributed by atoms with Gasteiger partial charge in [-0.25, -0.2) is 0 Å². The van der Waals surface area contributed by atoms with Crippen molar-refractivity contribution in [3.05, 3.63) is 89.5 Å². The molecule has 1 saturated carbocycles. The molecule has 1 aliphatic carbocycles. The van der Waals surface area contributed by atoms with Crippen LogP contribution in [-0.2, 0) is 28.0 Å². The van der Waals surface area contributed by atoms with E-state index in [1.165, 1.54) is 0 Å². The Balaban J connectivity index is 1.37. The highest BCUT2D eigenvalue weighted by atomic mass is 16.5. The SMILES string of the molecule is COc1ccccc1C1(C(=O)Nc2ccc3c(c2)CCC(=O)N3Cc2ccccc2)CC1. The van der Waals surface area contributed by atoms with E-state index in [1.807, 2.05) is 77.7 Å². The number of rotatable bonds is 6. The van der Waals surface area contributed by atoms with E-state index in [0.717, 1.165) is 46.7 Å². The number of carbonyl (C=O) groups excluding carboxylic acids is 2. The van der Waals surface area contributed by atoms with Crippen LogP contribution in [0.5, 0.6) is 5.75 Å². The Hall–Kier alpha value is -3.60. The van der Waals surface area contributed by atoms with E-state index in [4.69, 9.17) is 4.74 Å². The van der Waals surface area contributed by atoms with Crippen LogP contribution in [0.25, 0.3) is 0 Å². The first-order valence-electron chi connectivity index (χ1n) is 11.0. The first-order chi connectivity index (χ1) is 15.6. The number of aryl methyl sites for hydroxylation is 1. The molecule has 1 aliphatic heterocycles. The fourth-order valence-corrected chi connectivity index (χ4v) is 4.61. The summed E-state index contributed by atoms with van der Waals surface area (Å²) in [6.45, 7) is 0.551. The van der Waals surface area contributed by atoms with Crippen molar-refractivity contribution in [2.75, 3.05) is 17.3 Å². The number of hydrogen-bond donors (Lipinski definition) is 1. The van der Waals surface area contributed by atoms with Crippen LogP contribution in [0.15, 0.2) is 72.8 Å². The number of anilines is 2. The predicted octanol–water partition coefficient (Wildman–Crippen LogP) is 4.84. The molecule has 5 nitrogen and oxygen atoms in total. The third-order valence-electron chi connectivity index (χ3n) is 6.53. The summed E-state index contributed by atoms with van der Waals surface area (Å²) in [7, 11) is 1.64. The largest absolute Gasteiger partial charge is 0.496 e. The maximum Gasteiger partial charge on any atom is 0.235 e. The van der Waals surface area contributed by atoms with E-state index in [9.17, 15) is 9.59 Å². The smallest absolute Gasteiger partial charge is 0.235 e. The molecule has 1 heterocycles. The summed E-state index contributed by atoms with van der Waals surface area (Å²) < 4.78 is 5.50. The van der Waals surface area contributed by atoms with Crippen LogP contribution in [-0.4, -0.2) is 18.9 Å². The molecule has 2 amide bonds. The van der Waals surface area contributed by atoms with Crippen molar-refractivity contribution in [3.8, 4) is 5.75 Å². The van der Waals surface area contributed by atoms with E-state index >= 15 is 0 Å². The summed E-state index contributed by atoms with van der Waals surface area (Å²) in [5.41, 5.74) is 4.28. The van der Waals surface area contributed by atoms with E-state index in [0.29, 0.717) is 19.4 Å². The molecule has 32 heavy (non-hydrogen) atoms. The van der Waals surface area contributed by atoms with E-state index in [1.54, 1.807) is 7.11 Å². The standard InChI is InChI=1S/C27H26N2O3/c1-32-24-10-6-5-9-22(24)27(15-16-27)26(31)28-21-12-13-23-20(17-21)11-14-25(30)29(23)18-19-7-3-2-4-8-19/h2-10,12-13,17H,11,14-16,18H2,1H3,(H,28,31). The Bertz CT molecular complexity index is 1170. The van der Waals surface area contributed by atoms with Crippen LogP contribution in [0.2, 0.25) is 0 Å². The van der Waals surface area contributed by atoms with Gasteiger partial charge in [0, 0.05) is 23.4 Å². The highest BCUT2D eigenvalue weighted by Crippen LogP contribution is 2.52. The van der Waals surface area contributed by atoms with Crippen molar-refractivity contribution in [1.82, 2.24) is 0 Å². The molecular weight excluding hydrogens is 400 g/mol. The monoisotopic (exact) mass is 426 g/mol. The molecule has 162 valence electrons. The number of amides is 2. The normalized spacial score (nSPS) is 16.3. The lowest BCUT2D eigenvalue weighted by Crippen LogP contribution is -2.34. The number of nitrogens with zero attached hydrogens (tertiary/aromatic N) is 1. The number of nitrogens with one attached hydrogen (secondary N) is 1. The summed E-state index contributed by atoms with van der Waals surface area (Å²) in [6, 6.07) is 23.6. The van der Waals surface area contributed by atoms with Crippen LogP contribution in [0.4, 0.5) is 11.4 Å². The van der Waals surface area contributed by atoms with Crippen LogP contribution in [0, 0.1) is 0 Å². The van der Waals surface area contributed by atoms with Crippen molar-refractivity contribution in [1.29, 1.82) is 0 Å². The van der Waals surface area contributed by atoms with E-state index < -0.39 is 5.41 Å². The van der Waals surface area contributed by atoms with Gasteiger partial charge in [-0.1, -0.05) is 48.5 Å². The van der Waals surface area contributed by atoms with Crippen molar-refractivity contribution in [2.24, 2.45) is 0 Å². The lowest BCUT2D eigenvalue weighted by Gasteiger charge is -2.30. The summed E-state index contributed by atoms with van der Waals surface area (Å²) >= 11 is 0. The Morgan fingerprint density at radius 1 is 1.00 bits per heavy atom. The summed E-state index contributed by atoms with van der Waals surface area (Å²) in [4.78, 5) is 27.7. The Kier molecular flexibility index (Phi) is 5.17. The molecule has 3 aromatic carbocycles. The second-order valence-corrected chi connectivity index (χ2v) is 8.55. The lowest BCUT2D eigenvalue weighted by atomic mass is 9.93. The first-order valence-corrected chi connectivity index (χ1v) is 11.0. The van der Waals surface area contributed by atoms with Gasteiger partial charge in [-0.05, 0) is 54.7 Å². The topological polar surface area (TPSA) is 58.6 Å². The van der Waals surface area contributed by atoms with Crippen molar-refractivity contribution >= 4 is 23.2 Å². The molecule has 0 aromatic heterocycles. The quantitative estimate of drug-likeness (QED) is 0.613.